The third kappa shape index (κ3) is 2.84. The molecule has 1 aliphatic carbocycles. The molecule has 1 aliphatic rings. The third-order valence-electron chi connectivity index (χ3n) is 3.75. The van der Waals surface area contributed by atoms with Crippen molar-refractivity contribution in [3.8, 4) is 0 Å². The van der Waals surface area contributed by atoms with E-state index < -0.39 is 23.6 Å². The lowest BCUT2D eigenvalue weighted by Gasteiger charge is -2.12. The number of hydrogen-bond donors (Lipinski definition) is 2. The number of halogens is 3. The summed E-state index contributed by atoms with van der Waals surface area (Å²) in [5.74, 6) is -0.746. The highest BCUT2D eigenvalue weighted by molar-refractivity contribution is 5.94. The number of aromatic amines is 1. The van der Waals surface area contributed by atoms with Gasteiger partial charge in [0.25, 0.3) is 0 Å². The predicted octanol–water partition coefficient (Wildman–Crippen LogP) is 3.48. The lowest BCUT2D eigenvalue weighted by atomic mass is 10.0. The van der Waals surface area contributed by atoms with E-state index in [0.717, 1.165) is 11.8 Å². The Labute approximate surface area is 124 Å². The van der Waals surface area contributed by atoms with Crippen LogP contribution in [0.5, 0.6) is 0 Å². The van der Waals surface area contributed by atoms with Crippen molar-refractivity contribution < 1.29 is 18.0 Å². The van der Waals surface area contributed by atoms with E-state index in [0.29, 0.717) is 12.2 Å². The van der Waals surface area contributed by atoms with E-state index in [1.807, 2.05) is 0 Å². The molecule has 1 aromatic heterocycles. The fraction of sp³-hybridized carbons (Fsp3) is 0.333. The number of carbonyl (C=O) groups is 1. The molecule has 0 bridgehead atoms. The van der Waals surface area contributed by atoms with Crippen LogP contribution in [0.15, 0.2) is 30.3 Å². The van der Waals surface area contributed by atoms with Crippen molar-refractivity contribution in [2.75, 3.05) is 5.32 Å². The normalized spacial score (nSPS) is 20.7. The average Bonchev–Trinajstić information content (AvgIpc) is 3.15. The average molecular weight is 309 g/mol. The van der Waals surface area contributed by atoms with Crippen molar-refractivity contribution in [1.82, 2.24) is 10.2 Å². The molecule has 7 heteroatoms. The van der Waals surface area contributed by atoms with Crippen LogP contribution in [0.4, 0.5) is 19.0 Å². The highest BCUT2D eigenvalue weighted by Crippen LogP contribution is 2.51. The van der Waals surface area contributed by atoms with Crippen LogP contribution in [-0.4, -0.2) is 16.1 Å². The lowest BCUT2D eigenvalue weighted by Crippen LogP contribution is -2.16. The minimum Gasteiger partial charge on any atom is -0.309 e. The van der Waals surface area contributed by atoms with Gasteiger partial charge in [0.2, 0.25) is 5.91 Å². The van der Waals surface area contributed by atoms with E-state index in [4.69, 9.17) is 0 Å². The number of aryl methyl sites for hydroxylation is 1. The number of nitrogens with zero attached hydrogens (tertiary/aromatic N) is 1. The van der Waals surface area contributed by atoms with E-state index in [1.54, 1.807) is 19.1 Å². The number of aromatic nitrogens is 2. The van der Waals surface area contributed by atoms with Crippen molar-refractivity contribution in [3.63, 3.8) is 0 Å². The van der Waals surface area contributed by atoms with Gasteiger partial charge < -0.3 is 5.32 Å². The summed E-state index contributed by atoms with van der Waals surface area (Å²) in [6.45, 7) is 1.79. The summed E-state index contributed by atoms with van der Waals surface area (Å²) in [6.07, 6.45) is -3.98. The van der Waals surface area contributed by atoms with Gasteiger partial charge in [-0.05, 0) is 30.9 Å². The zero-order valence-electron chi connectivity index (χ0n) is 11.7. The minimum atomic E-state index is -4.40. The largest absolute Gasteiger partial charge is 0.416 e. The number of carbonyl (C=O) groups excluding carboxylic acids is 1. The fourth-order valence-corrected chi connectivity index (χ4v) is 2.61. The van der Waals surface area contributed by atoms with Crippen molar-refractivity contribution in [1.29, 1.82) is 0 Å². The van der Waals surface area contributed by atoms with Gasteiger partial charge >= 0.3 is 6.18 Å². The van der Waals surface area contributed by atoms with E-state index in [-0.39, 0.29) is 11.5 Å². The summed E-state index contributed by atoms with van der Waals surface area (Å²) in [5.41, 5.74) is 0.323. The smallest absolute Gasteiger partial charge is 0.309 e. The van der Waals surface area contributed by atoms with Crippen LogP contribution >= 0.6 is 0 Å². The molecule has 0 radical (unpaired) electrons. The minimum absolute atomic E-state index is 0.188. The Morgan fingerprint density at radius 1 is 1.36 bits per heavy atom. The number of rotatable bonds is 3. The van der Waals surface area contributed by atoms with Crippen LogP contribution in [0.25, 0.3) is 0 Å². The predicted molar refractivity (Wildman–Crippen MR) is 74.2 cm³/mol. The molecule has 0 spiro atoms. The zero-order chi connectivity index (χ0) is 15.9. The van der Waals surface area contributed by atoms with Crippen LogP contribution in [0.2, 0.25) is 0 Å². The van der Waals surface area contributed by atoms with Crippen LogP contribution in [-0.2, 0) is 11.0 Å². The van der Waals surface area contributed by atoms with E-state index in [2.05, 4.69) is 15.5 Å². The zero-order valence-corrected chi connectivity index (χ0v) is 11.7. The Hall–Kier alpha value is -2.31. The molecule has 2 atom stereocenters. The first-order valence-corrected chi connectivity index (χ1v) is 6.85. The van der Waals surface area contributed by atoms with Crippen LogP contribution in [0.3, 0.4) is 0 Å². The first-order chi connectivity index (χ1) is 10.4. The number of nitrogens with one attached hydrogen (secondary N) is 2. The maximum absolute atomic E-state index is 13.0. The Bertz CT molecular complexity index is 708. The van der Waals surface area contributed by atoms with Gasteiger partial charge in [0.1, 0.15) is 0 Å². The highest BCUT2D eigenvalue weighted by Gasteiger charge is 2.47. The maximum atomic E-state index is 13.0. The van der Waals surface area contributed by atoms with Gasteiger partial charge in [-0.1, -0.05) is 18.2 Å². The molecule has 1 amide bonds. The number of hydrogen-bond acceptors (Lipinski definition) is 2. The summed E-state index contributed by atoms with van der Waals surface area (Å²) < 4.78 is 39.0. The monoisotopic (exact) mass is 309 g/mol. The topological polar surface area (TPSA) is 57.8 Å². The second kappa shape index (κ2) is 5.15. The second-order valence-corrected chi connectivity index (χ2v) is 5.46. The summed E-state index contributed by atoms with van der Waals surface area (Å²) >= 11 is 0. The molecule has 3 rings (SSSR count). The molecule has 2 aromatic rings. The number of H-pyrrole nitrogens is 1. The number of amides is 1. The summed E-state index contributed by atoms with van der Waals surface area (Å²) in [7, 11) is 0. The molecule has 1 aromatic carbocycles. The second-order valence-electron chi connectivity index (χ2n) is 5.46. The van der Waals surface area contributed by atoms with Crippen LogP contribution < -0.4 is 5.32 Å². The van der Waals surface area contributed by atoms with Crippen molar-refractivity contribution in [2.24, 2.45) is 5.92 Å². The summed E-state index contributed by atoms with van der Waals surface area (Å²) in [4.78, 5) is 12.1. The third-order valence-corrected chi connectivity index (χ3v) is 3.75. The van der Waals surface area contributed by atoms with Gasteiger partial charge in [-0.3, -0.25) is 9.89 Å². The van der Waals surface area contributed by atoms with Crippen molar-refractivity contribution in [3.05, 3.63) is 47.2 Å². The van der Waals surface area contributed by atoms with Gasteiger partial charge in [-0.2, -0.15) is 18.3 Å². The Morgan fingerprint density at radius 2 is 2.09 bits per heavy atom. The van der Waals surface area contributed by atoms with E-state index >= 15 is 0 Å². The van der Waals surface area contributed by atoms with Crippen molar-refractivity contribution >= 4 is 11.7 Å². The molecular weight excluding hydrogens is 295 g/mol. The van der Waals surface area contributed by atoms with E-state index in [1.165, 1.54) is 12.1 Å². The molecular formula is C15H14F3N3O. The first-order valence-electron chi connectivity index (χ1n) is 6.85. The van der Waals surface area contributed by atoms with Crippen LogP contribution in [0, 0.1) is 12.8 Å². The molecule has 2 N–H and O–H groups in total. The highest BCUT2D eigenvalue weighted by atomic mass is 19.4. The van der Waals surface area contributed by atoms with Gasteiger partial charge in [0.05, 0.1) is 5.56 Å². The van der Waals surface area contributed by atoms with Gasteiger partial charge in [0, 0.05) is 17.7 Å². The number of benzene rings is 1. The fourth-order valence-electron chi connectivity index (χ4n) is 2.61. The number of alkyl halides is 3. The van der Waals surface area contributed by atoms with E-state index in [9.17, 15) is 18.0 Å². The van der Waals surface area contributed by atoms with Crippen LogP contribution in [0.1, 0.15) is 29.2 Å². The maximum Gasteiger partial charge on any atom is 0.416 e. The van der Waals surface area contributed by atoms with Gasteiger partial charge in [-0.15, -0.1) is 0 Å². The molecule has 0 unspecified atom stereocenters. The van der Waals surface area contributed by atoms with Gasteiger partial charge in [0.15, 0.2) is 5.82 Å². The number of anilines is 1. The van der Waals surface area contributed by atoms with Crippen molar-refractivity contribution in [2.45, 2.75) is 25.4 Å². The summed E-state index contributed by atoms with van der Waals surface area (Å²) in [6, 6.07) is 7.09. The summed E-state index contributed by atoms with van der Waals surface area (Å²) in [5, 5.41) is 9.20. The Balaban J connectivity index is 1.73. The molecule has 0 aliphatic heterocycles. The molecule has 1 fully saturated rings. The molecule has 4 nitrogen and oxygen atoms in total. The molecule has 1 saturated carbocycles. The molecule has 1 heterocycles. The van der Waals surface area contributed by atoms with Gasteiger partial charge in [-0.25, -0.2) is 0 Å². The quantitative estimate of drug-likeness (QED) is 0.912. The standard InChI is InChI=1S/C15H14F3N3O/c1-8-6-13(21-20-8)19-14(22)11-7-10(11)9-4-2-3-5-12(9)15(16,17)18/h2-6,10-11H,7H2,1H3,(H2,19,20,21,22)/t10-,11-/m0/s1. The molecule has 0 saturated heterocycles. The Morgan fingerprint density at radius 3 is 2.73 bits per heavy atom. The molecule has 22 heavy (non-hydrogen) atoms. The SMILES string of the molecule is Cc1cc(NC(=O)[C@H]2C[C@H]2c2ccccc2C(F)(F)F)n[nH]1. The lowest BCUT2D eigenvalue weighted by molar-refractivity contribution is -0.138. The Kier molecular flexibility index (Phi) is 3.42. The molecule has 116 valence electrons. The first kappa shape index (κ1) is 14.6.